The number of ether oxygens (including phenoxy) is 1. The minimum Gasteiger partial charge on any atom is -0.494 e. The number of nitrogens with one attached hydrogen (secondary N) is 1. The van der Waals surface area contributed by atoms with Crippen molar-refractivity contribution >= 4 is 33.2 Å². The molecule has 4 fully saturated rings. The van der Waals surface area contributed by atoms with E-state index in [9.17, 15) is 8.42 Å². The van der Waals surface area contributed by atoms with Gasteiger partial charge in [-0.25, -0.2) is 13.1 Å². The Balaban J connectivity index is 1.46. The number of rotatable bonds is 6. The fourth-order valence-electron chi connectivity index (χ4n) is 6.04. The molecule has 4 nitrogen and oxygen atoms in total. The Morgan fingerprint density at radius 1 is 1.12 bits per heavy atom. The van der Waals surface area contributed by atoms with Crippen LogP contribution in [0.2, 0.25) is 10.0 Å². The van der Waals surface area contributed by atoms with Gasteiger partial charge in [0.25, 0.3) is 0 Å². The van der Waals surface area contributed by atoms with Crippen LogP contribution in [0.15, 0.2) is 17.0 Å². The van der Waals surface area contributed by atoms with Gasteiger partial charge in [-0.3, -0.25) is 0 Å². The molecule has 0 heterocycles. The molecule has 0 saturated heterocycles. The van der Waals surface area contributed by atoms with Gasteiger partial charge in [0, 0.05) is 6.54 Å². The Morgan fingerprint density at radius 3 is 2.23 bits per heavy atom. The Labute approximate surface area is 165 Å². The summed E-state index contributed by atoms with van der Waals surface area (Å²) in [7, 11) is -2.30. The molecule has 4 aliphatic carbocycles. The van der Waals surface area contributed by atoms with E-state index in [0.29, 0.717) is 12.0 Å². The molecule has 4 bridgehead atoms. The number of hydrogen-bond acceptors (Lipinski definition) is 3. The second-order valence-corrected chi connectivity index (χ2v) is 11.0. The zero-order valence-electron chi connectivity index (χ0n) is 14.9. The Bertz CT molecular complexity index is 774. The average molecular weight is 418 g/mol. The van der Waals surface area contributed by atoms with Crippen molar-refractivity contribution in [1.29, 1.82) is 0 Å². The smallest absolute Gasteiger partial charge is 0.244 e. The highest BCUT2D eigenvalue weighted by Gasteiger charge is 2.50. The molecule has 0 radical (unpaired) electrons. The molecule has 0 atom stereocenters. The van der Waals surface area contributed by atoms with Gasteiger partial charge in [-0.15, -0.1) is 0 Å². The number of methoxy groups -OCH3 is 1. The lowest BCUT2D eigenvalue weighted by atomic mass is 9.49. The fourth-order valence-corrected chi connectivity index (χ4v) is 7.69. The normalized spacial score (nSPS) is 32.8. The first-order chi connectivity index (χ1) is 12.3. The third-order valence-corrected chi connectivity index (χ3v) is 8.89. The standard InChI is InChI=1S/C19H25Cl2NO3S/c1-25-18-16(3-2-15(20)17(18)21)26(23,24)22-5-4-19-9-12-6-13(10-19)8-14(7-12)11-19/h2-3,12-14,22H,4-11H2,1H3. The minimum absolute atomic E-state index is 0.0416. The van der Waals surface area contributed by atoms with E-state index in [1.54, 1.807) is 0 Å². The summed E-state index contributed by atoms with van der Waals surface area (Å²) >= 11 is 12.1. The summed E-state index contributed by atoms with van der Waals surface area (Å²) < 4.78 is 33.5. The highest BCUT2D eigenvalue weighted by Crippen LogP contribution is 2.61. The van der Waals surface area contributed by atoms with Crippen molar-refractivity contribution in [2.24, 2.45) is 23.2 Å². The van der Waals surface area contributed by atoms with E-state index in [0.717, 1.165) is 24.2 Å². The van der Waals surface area contributed by atoms with Crippen molar-refractivity contribution < 1.29 is 13.2 Å². The third kappa shape index (κ3) is 3.36. The van der Waals surface area contributed by atoms with E-state index in [1.165, 1.54) is 57.8 Å². The molecule has 5 rings (SSSR count). The zero-order valence-corrected chi connectivity index (χ0v) is 17.3. The van der Waals surface area contributed by atoms with Crippen molar-refractivity contribution in [2.75, 3.05) is 13.7 Å². The molecule has 0 aliphatic heterocycles. The second kappa shape index (κ2) is 6.84. The van der Waals surface area contributed by atoms with E-state index in [1.807, 2.05) is 0 Å². The van der Waals surface area contributed by atoms with E-state index in [2.05, 4.69) is 4.72 Å². The van der Waals surface area contributed by atoms with Gasteiger partial charge in [-0.05, 0) is 80.2 Å². The monoisotopic (exact) mass is 417 g/mol. The van der Waals surface area contributed by atoms with E-state index in [4.69, 9.17) is 27.9 Å². The molecule has 7 heteroatoms. The molecule has 144 valence electrons. The number of hydrogen-bond donors (Lipinski definition) is 1. The van der Waals surface area contributed by atoms with Crippen LogP contribution in [-0.2, 0) is 10.0 Å². The van der Waals surface area contributed by atoms with Gasteiger partial charge in [0.2, 0.25) is 10.0 Å². The van der Waals surface area contributed by atoms with Crippen LogP contribution in [0.5, 0.6) is 5.75 Å². The number of benzene rings is 1. The summed E-state index contributed by atoms with van der Waals surface area (Å²) in [5.74, 6) is 2.70. The van der Waals surface area contributed by atoms with Crippen LogP contribution in [0.3, 0.4) is 0 Å². The summed E-state index contributed by atoms with van der Waals surface area (Å²) in [6.07, 6.45) is 8.92. The van der Waals surface area contributed by atoms with Crippen molar-refractivity contribution in [3.63, 3.8) is 0 Å². The largest absolute Gasteiger partial charge is 0.494 e. The number of halogens is 2. The van der Waals surface area contributed by atoms with Crippen LogP contribution < -0.4 is 9.46 Å². The lowest BCUT2D eigenvalue weighted by molar-refractivity contribution is -0.0561. The lowest BCUT2D eigenvalue weighted by Crippen LogP contribution is -2.47. The fraction of sp³-hybridized carbons (Fsp3) is 0.684. The average Bonchev–Trinajstić information content (AvgIpc) is 2.55. The van der Waals surface area contributed by atoms with Crippen molar-refractivity contribution in [3.05, 3.63) is 22.2 Å². The highest BCUT2D eigenvalue weighted by molar-refractivity contribution is 7.89. The van der Waals surface area contributed by atoms with Gasteiger partial charge >= 0.3 is 0 Å². The van der Waals surface area contributed by atoms with Gasteiger partial charge in [-0.2, -0.15) is 0 Å². The van der Waals surface area contributed by atoms with Crippen LogP contribution in [-0.4, -0.2) is 22.1 Å². The molecule has 0 spiro atoms. The molecule has 1 aromatic rings. The topological polar surface area (TPSA) is 55.4 Å². The summed E-state index contributed by atoms with van der Waals surface area (Å²) in [4.78, 5) is 0.0416. The molecule has 4 aliphatic rings. The van der Waals surface area contributed by atoms with E-state index < -0.39 is 10.0 Å². The summed E-state index contributed by atoms with van der Waals surface area (Å²) in [6, 6.07) is 2.93. The maximum atomic E-state index is 12.8. The summed E-state index contributed by atoms with van der Waals surface area (Å²) in [6.45, 7) is 0.456. The quantitative estimate of drug-likeness (QED) is 0.716. The summed E-state index contributed by atoms with van der Waals surface area (Å²) in [5.41, 5.74) is 0.346. The molecule has 0 amide bonds. The molecule has 0 unspecified atom stereocenters. The molecule has 0 aromatic heterocycles. The van der Waals surface area contributed by atoms with E-state index >= 15 is 0 Å². The molecule has 1 aromatic carbocycles. The minimum atomic E-state index is -3.69. The maximum absolute atomic E-state index is 12.8. The first kappa shape index (κ1) is 18.9. The van der Waals surface area contributed by atoms with Crippen LogP contribution >= 0.6 is 23.2 Å². The van der Waals surface area contributed by atoms with E-state index in [-0.39, 0.29) is 20.7 Å². The molecular weight excluding hydrogens is 393 g/mol. The lowest BCUT2D eigenvalue weighted by Gasteiger charge is -2.57. The second-order valence-electron chi connectivity index (χ2n) is 8.46. The summed E-state index contributed by atoms with van der Waals surface area (Å²) in [5, 5.41) is 0.397. The zero-order chi connectivity index (χ0) is 18.5. The van der Waals surface area contributed by atoms with Crippen LogP contribution in [0.4, 0.5) is 0 Å². The van der Waals surface area contributed by atoms with Gasteiger partial charge in [0.15, 0.2) is 5.75 Å². The van der Waals surface area contributed by atoms with Gasteiger partial charge in [-0.1, -0.05) is 23.2 Å². The first-order valence-corrected chi connectivity index (χ1v) is 11.6. The van der Waals surface area contributed by atoms with Crippen molar-refractivity contribution in [3.8, 4) is 5.75 Å². The van der Waals surface area contributed by atoms with Crippen molar-refractivity contribution in [1.82, 2.24) is 4.72 Å². The molecule has 4 saturated carbocycles. The molecule has 1 N–H and O–H groups in total. The number of sulfonamides is 1. The SMILES string of the molecule is COc1c(S(=O)(=O)NCCC23CC4CC(CC(C4)C2)C3)ccc(Cl)c1Cl. The Morgan fingerprint density at radius 2 is 1.69 bits per heavy atom. The predicted octanol–water partition coefficient (Wildman–Crippen LogP) is 4.89. The Kier molecular flexibility index (Phi) is 4.96. The van der Waals surface area contributed by atoms with Crippen LogP contribution in [0.25, 0.3) is 0 Å². The maximum Gasteiger partial charge on any atom is 0.244 e. The van der Waals surface area contributed by atoms with Crippen molar-refractivity contribution in [2.45, 2.75) is 49.8 Å². The molecular formula is C19H25Cl2NO3S. The van der Waals surface area contributed by atoms with Gasteiger partial charge in [0.05, 0.1) is 12.1 Å². The Hall–Kier alpha value is -0.490. The first-order valence-electron chi connectivity index (χ1n) is 9.33. The molecule has 26 heavy (non-hydrogen) atoms. The van der Waals surface area contributed by atoms with Crippen LogP contribution in [0.1, 0.15) is 44.9 Å². The van der Waals surface area contributed by atoms with Crippen LogP contribution in [0, 0.1) is 23.2 Å². The van der Waals surface area contributed by atoms with Gasteiger partial charge in [0.1, 0.15) is 9.92 Å². The highest BCUT2D eigenvalue weighted by atomic mass is 35.5. The van der Waals surface area contributed by atoms with Gasteiger partial charge < -0.3 is 4.74 Å². The predicted molar refractivity (Wildman–Crippen MR) is 103 cm³/mol. The third-order valence-electron chi connectivity index (χ3n) is 6.62.